The van der Waals surface area contributed by atoms with Crippen molar-refractivity contribution >= 4 is 11.5 Å². The van der Waals surface area contributed by atoms with E-state index >= 15 is 0 Å². The second-order valence-corrected chi connectivity index (χ2v) is 4.49. The Labute approximate surface area is 91.3 Å². The molecule has 1 aromatic rings. The molecule has 15 heavy (non-hydrogen) atoms. The quantitative estimate of drug-likeness (QED) is 0.765. The number of aromatic nitrogens is 1. The van der Waals surface area contributed by atoms with Gasteiger partial charge in [-0.15, -0.1) is 0 Å². The molecule has 2 heterocycles. The highest BCUT2D eigenvalue weighted by atomic mass is 15.2. The first-order valence-electron chi connectivity index (χ1n) is 5.68. The molecule has 0 saturated carbocycles. The van der Waals surface area contributed by atoms with E-state index < -0.39 is 0 Å². The Morgan fingerprint density at radius 2 is 1.93 bits per heavy atom. The number of nitrogen functional groups attached to an aromatic ring is 1. The summed E-state index contributed by atoms with van der Waals surface area (Å²) in [6, 6.07) is 5.12. The molecule has 1 aromatic heterocycles. The fraction of sp³-hybridized carbons (Fsp3) is 0.583. The topological polar surface area (TPSA) is 42.1 Å². The van der Waals surface area contributed by atoms with Crippen molar-refractivity contribution in [1.82, 2.24) is 4.98 Å². The third-order valence-corrected chi connectivity index (χ3v) is 3.23. The molecule has 0 aliphatic carbocycles. The summed E-state index contributed by atoms with van der Waals surface area (Å²) < 4.78 is 0. The molecule has 1 aliphatic heterocycles. The van der Waals surface area contributed by atoms with Crippen LogP contribution < -0.4 is 10.6 Å². The van der Waals surface area contributed by atoms with Crippen LogP contribution in [-0.2, 0) is 0 Å². The molecule has 2 atom stereocenters. The third-order valence-electron chi connectivity index (χ3n) is 3.23. The van der Waals surface area contributed by atoms with Gasteiger partial charge < -0.3 is 10.6 Å². The van der Waals surface area contributed by atoms with E-state index in [-0.39, 0.29) is 0 Å². The minimum absolute atomic E-state index is 0.588. The predicted octanol–water partition coefficient (Wildman–Crippen LogP) is 2.43. The molecule has 2 N–H and O–H groups in total. The zero-order chi connectivity index (χ0) is 10.8. The van der Waals surface area contributed by atoms with Gasteiger partial charge in [-0.1, -0.05) is 0 Å². The molecule has 1 aliphatic rings. The van der Waals surface area contributed by atoms with Crippen LogP contribution in [0.5, 0.6) is 0 Å². The van der Waals surface area contributed by atoms with E-state index in [1.165, 1.54) is 19.3 Å². The molecule has 0 bridgehead atoms. The lowest BCUT2D eigenvalue weighted by atomic mass is 9.97. The lowest BCUT2D eigenvalue weighted by Crippen LogP contribution is -2.44. The number of pyridine rings is 1. The van der Waals surface area contributed by atoms with Gasteiger partial charge in [-0.2, -0.15) is 0 Å². The van der Waals surface area contributed by atoms with E-state index in [0.29, 0.717) is 12.1 Å². The van der Waals surface area contributed by atoms with Crippen molar-refractivity contribution in [3.8, 4) is 0 Å². The normalized spacial score (nSPS) is 26.7. The molecule has 0 unspecified atom stereocenters. The van der Waals surface area contributed by atoms with Gasteiger partial charge in [0.1, 0.15) is 5.82 Å². The highest BCUT2D eigenvalue weighted by molar-refractivity contribution is 5.47. The fourth-order valence-electron chi connectivity index (χ4n) is 2.42. The maximum Gasteiger partial charge on any atom is 0.129 e. The average molecular weight is 205 g/mol. The van der Waals surface area contributed by atoms with E-state index in [4.69, 9.17) is 5.73 Å². The molecule has 3 heteroatoms. The monoisotopic (exact) mass is 205 g/mol. The van der Waals surface area contributed by atoms with Crippen molar-refractivity contribution in [2.45, 2.75) is 45.2 Å². The molecule has 0 spiro atoms. The minimum Gasteiger partial charge on any atom is -0.397 e. The van der Waals surface area contributed by atoms with E-state index in [1.54, 1.807) is 6.20 Å². The molecule has 82 valence electrons. The van der Waals surface area contributed by atoms with Crippen LogP contribution in [0.2, 0.25) is 0 Å². The highest BCUT2D eigenvalue weighted by Crippen LogP contribution is 2.27. The average Bonchev–Trinajstić information content (AvgIpc) is 2.20. The van der Waals surface area contributed by atoms with Crippen LogP contribution in [0.25, 0.3) is 0 Å². The van der Waals surface area contributed by atoms with E-state index in [9.17, 15) is 0 Å². The van der Waals surface area contributed by atoms with Crippen molar-refractivity contribution in [1.29, 1.82) is 0 Å². The number of hydrogen-bond acceptors (Lipinski definition) is 3. The first-order valence-corrected chi connectivity index (χ1v) is 5.68. The first kappa shape index (κ1) is 10.3. The lowest BCUT2D eigenvalue weighted by molar-refractivity contribution is 0.411. The van der Waals surface area contributed by atoms with Crippen LogP contribution in [-0.4, -0.2) is 17.1 Å². The molecule has 0 radical (unpaired) electrons. The zero-order valence-corrected chi connectivity index (χ0v) is 9.48. The van der Waals surface area contributed by atoms with Crippen molar-refractivity contribution in [3.63, 3.8) is 0 Å². The molecular weight excluding hydrogens is 186 g/mol. The van der Waals surface area contributed by atoms with Crippen molar-refractivity contribution in [3.05, 3.63) is 18.3 Å². The molecule has 2 rings (SSSR count). The molecule has 1 fully saturated rings. The van der Waals surface area contributed by atoms with Gasteiger partial charge in [-0.05, 0) is 45.2 Å². The fourth-order valence-corrected chi connectivity index (χ4v) is 2.42. The van der Waals surface area contributed by atoms with E-state index in [2.05, 4.69) is 23.7 Å². The zero-order valence-electron chi connectivity index (χ0n) is 9.48. The van der Waals surface area contributed by atoms with Gasteiger partial charge >= 0.3 is 0 Å². The number of nitrogens with two attached hydrogens (primary N) is 1. The maximum absolute atomic E-state index is 5.64. The Morgan fingerprint density at radius 1 is 1.27 bits per heavy atom. The molecule has 1 saturated heterocycles. The largest absolute Gasteiger partial charge is 0.397 e. The summed E-state index contributed by atoms with van der Waals surface area (Å²) in [7, 11) is 0. The van der Waals surface area contributed by atoms with Crippen molar-refractivity contribution in [2.24, 2.45) is 0 Å². The molecule has 0 amide bonds. The van der Waals surface area contributed by atoms with Crippen LogP contribution >= 0.6 is 0 Å². The summed E-state index contributed by atoms with van der Waals surface area (Å²) in [6.45, 7) is 4.54. The van der Waals surface area contributed by atoms with Crippen LogP contribution in [0.4, 0.5) is 11.5 Å². The predicted molar refractivity (Wildman–Crippen MR) is 63.9 cm³/mol. The molecule has 3 nitrogen and oxygen atoms in total. The minimum atomic E-state index is 0.588. The Bertz CT molecular complexity index is 310. The number of hydrogen-bond donors (Lipinski definition) is 1. The standard InChI is InChI=1S/C12H19N3/c1-9-4-3-5-10(2)15(9)12-7-6-11(13)8-14-12/h6-10H,3-5,13H2,1-2H3/t9-,10+. The SMILES string of the molecule is C[C@@H]1CCC[C@H](C)N1c1ccc(N)cn1. The van der Waals surface area contributed by atoms with Gasteiger partial charge in [0.05, 0.1) is 11.9 Å². The number of nitrogens with zero attached hydrogens (tertiary/aromatic N) is 2. The second-order valence-electron chi connectivity index (χ2n) is 4.49. The van der Waals surface area contributed by atoms with Gasteiger partial charge in [0.25, 0.3) is 0 Å². The Balaban J connectivity index is 2.23. The van der Waals surface area contributed by atoms with Crippen LogP contribution in [0.3, 0.4) is 0 Å². The number of piperidine rings is 1. The summed E-state index contributed by atoms with van der Waals surface area (Å²) in [5.41, 5.74) is 6.38. The smallest absolute Gasteiger partial charge is 0.129 e. The van der Waals surface area contributed by atoms with Gasteiger partial charge in [-0.25, -0.2) is 4.98 Å². The summed E-state index contributed by atoms with van der Waals surface area (Å²) in [6.07, 6.45) is 5.59. The van der Waals surface area contributed by atoms with Gasteiger partial charge in [0.15, 0.2) is 0 Å². The summed E-state index contributed by atoms with van der Waals surface area (Å²) in [5.74, 6) is 1.06. The summed E-state index contributed by atoms with van der Waals surface area (Å²) in [5, 5.41) is 0. The van der Waals surface area contributed by atoms with Gasteiger partial charge in [0.2, 0.25) is 0 Å². The first-order chi connectivity index (χ1) is 7.18. The van der Waals surface area contributed by atoms with E-state index in [1.807, 2.05) is 12.1 Å². The maximum atomic E-state index is 5.64. The Hall–Kier alpha value is -1.25. The van der Waals surface area contributed by atoms with Gasteiger partial charge in [0, 0.05) is 12.1 Å². The summed E-state index contributed by atoms with van der Waals surface area (Å²) in [4.78, 5) is 6.81. The van der Waals surface area contributed by atoms with Crippen LogP contribution in [0.1, 0.15) is 33.1 Å². The second kappa shape index (κ2) is 4.09. The summed E-state index contributed by atoms with van der Waals surface area (Å²) >= 11 is 0. The molecular formula is C12H19N3. The van der Waals surface area contributed by atoms with Crippen molar-refractivity contribution < 1.29 is 0 Å². The third kappa shape index (κ3) is 2.06. The highest BCUT2D eigenvalue weighted by Gasteiger charge is 2.25. The number of rotatable bonds is 1. The lowest BCUT2D eigenvalue weighted by Gasteiger charge is -2.40. The number of anilines is 2. The Morgan fingerprint density at radius 3 is 2.47 bits per heavy atom. The van der Waals surface area contributed by atoms with Crippen molar-refractivity contribution in [2.75, 3.05) is 10.6 Å². The van der Waals surface area contributed by atoms with Crippen LogP contribution in [0, 0.1) is 0 Å². The van der Waals surface area contributed by atoms with Crippen LogP contribution in [0.15, 0.2) is 18.3 Å². The molecule has 0 aromatic carbocycles. The van der Waals surface area contributed by atoms with Gasteiger partial charge in [-0.3, -0.25) is 0 Å². The Kier molecular flexibility index (Phi) is 2.80. The van der Waals surface area contributed by atoms with E-state index in [0.717, 1.165) is 11.5 Å².